The third-order valence-electron chi connectivity index (χ3n) is 4.90. The van der Waals surface area contributed by atoms with Crippen molar-refractivity contribution in [2.75, 3.05) is 6.61 Å². The summed E-state index contributed by atoms with van der Waals surface area (Å²) in [5.41, 5.74) is 1.70. The van der Waals surface area contributed by atoms with E-state index in [0.29, 0.717) is 12.3 Å². The van der Waals surface area contributed by atoms with Crippen LogP contribution in [-0.2, 0) is 15.7 Å². The van der Waals surface area contributed by atoms with Gasteiger partial charge in [0.25, 0.3) is 0 Å². The van der Waals surface area contributed by atoms with Gasteiger partial charge in [-0.05, 0) is 65.7 Å². The Kier molecular flexibility index (Phi) is 5.67. The van der Waals surface area contributed by atoms with Crippen LogP contribution in [0.5, 0.6) is 5.75 Å². The van der Waals surface area contributed by atoms with Crippen molar-refractivity contribution < 1.29 is 13.7 Å². The van der Waals surface area contributed by atoms with Crippen LogP contribution < -0.4 is 4.74 Å². The van der Waals surface area contributed by atoms with Gasteiger partial charge in [-0.3, -0.25) is 0 Å². The predicted molar refractivity (Wildman–Crippen MR) is 110 cm³/mol. The third-order valence-corrected chi connectivity index (χ3v) is 6.83. The van der Waals surface area contributed by atoms with Gasteiger partial charge in [-0.25, -0.2) is 4.21 Å². The van der Waals surface area contributed by atoms with E-state index < -0.39 is 11.0 Å². The van der Waals surface area contributed by atoms with Crippen molar-refractivity contribution in [2.24, 2.45) is 10.3 Å². The van der Waals surface area contributed by atoms with Gasteiger partial charge in [0.1, 0.15) is 22.8 Å². The van der Waals surface area contributed by atoms with E-state index in [0.717, 1.165) is 40.9 Å². The Balaban J connectivity index is 1.94. The molecule has 1 fully saturated rings. The van der Waals surface area contributed by atoms with Crippen LogP contribution in [0, 0.1) is 5.92 Å². The third kappa shape index (κ3) is 4.57. The van der Waals surface area contributed by atoms with Crippen LogP contribution in [0.1, 0.15) is 59.4 Å². The molecular weight excluding hydrogens is 414 g/mol. The van der Waals surface area contributed by atoms with Crippen LogP contribution >= 0.6 is 15.9 Å². The Morgan fingerprint density at radius 2 is 2.04 bits per heavy atom. The second kappa shape index (κ2) is 7.36. The Labute approximate surface area is 167 Å². The van der Waals surface area contributed by atoms with E-state index in [4.69, 9.17) is 9.47 Å². The maximum Gasteiger partial charge on any atom is 0.145 e. The van der Waals surface area contributed by atoms with E-state index in [2.05, 4.69) is 34.2 Å². The number of hydrogen-bond donors (Lipinski definition) is 0. The zero-order chi connectivity index (χ0) is 19.1. The van der Waals surface area contributed by atoms with Crippen molar-refractivity contribution in [2.45, 2.75) is 70.3 Å². The maximum absolute atomic E-state index is 12.7. The molecule has 4 nitrogen and oxygen atoms in total. The van der Waals surface area contributed by atoms with Crippen LogP contribution in [0.15, 0.2) is 27.1 Å². The normalized spacial score (nSPS) is 28.3. The number of rotatable bonds is 2. The minimum absolute atomic E-state index is 0.0440. The smallest absolute Gasteiger partial charge is 0.145 e. The van der Waals surface area contributed by atoms with Gasteiger partial charge in [-0.1, -0.05) is 15.9 Å². The van der Waals surface area contributed by atoms with E-state index in [1.54, 1.807) is 0 Å². The molecule has 0 bridgehead atoms. The fourth-order valence-electron chi connectivity index (χ4n) is 3.52. The lowest BCUT2D eigenvalue weighted by Gasteiger charge is -2.40. The van der Waals surface area contributed by atoms with Gasteiger partial charge in [0.2, 0.25) is 0 Å². The molecule has 0 aromatic heterocycles. The van der Waals surface area contributed by atoms with Gasteiger partial charge in [0.15, 0.2) is 0 Å². The van der Waals surface area contributed by atoms with Gasteiger partial charge >= 0.3 is 0 Å². The molecule has 0 N–H and O–H groups in total. The van der Waals surface area contributed by atoms with E-state index in [9.17, 15) is 4.21 Å². The lowest BCUT2D eigenvalue weighted by molar-refractivity contribution is -0.0909. The molecule has 2 heterocycles. The second-order valence-electron chi connectivity index (χ2n) is 8.76. The van der Waals surface area contributed by atoms with Crippen molar-refractivity contribution in [3.8, 4) is 5.75 Å². The lowest BCUT2D eigenvalue weighted by Crippen LogP contribution is -2.43. The molecule has 0 aliphatic carbocycles. The average molecular weight is 442 g/mol. The average Bonchev–Trinajstić information content (AvgIpc) is 2.53. The molecule has 26 heavy (non-hydrogen) atoms. The summed E-state index contributed by atoms with van der Waals surface area (Å²) in [6, 6.07) is 5.97. The van der Waals surface area contributed by atoms with Crippen LogP contribution in [0.4, 0.5) is 0 Å². The molecule has 1 aromatic carbocycles. The summed E-state index contributed by atoms with van der Waals surface area (Å²) in [6.45, 7) is 10.9. The number of ether oxygens (including phenoxy) is 2. The largest absolute Gasteiger partial charge is 0.489 e. The molecule has 3 rings (SSSR count). The van der Waals surface area contributed by atoms with E-state index in [-0.39, 0.29) is 16.5 Å². The van der Waals surface area contributed by atoms with E-state index in [1.807, 2.05) is 39.0 Å². The fraction of sp³-hybridized carbons (Fsp3) is 0.650. The Hall–Kier alpha value is -0.720. The molecule has 0 amide bonds. The molecule has 1 aromatic rings. The van der Waals surface area contributed by atoms with Crippen molar-refractivity contribution in [3.63, 3.8) is 0 Å². The first kappa shape index (κ1) is 20.0. The number of fused-ring (bicyclic) bond motifs is 1. The fourth-order valence-corrected chi connectivity index (χ4v) is 4.53. The first-order valence-corrected chi connectivity index (χ1v) is 11.1. The Morgan fingerprint density at radius 3 is 2.69 bits per heavy atom. The molecule has 2 aliphatic rings. The highest BCUT2D eigenvalue weighted by atomic mass is 79.9. The summed E-state index contributed by atoms with van der Waals surface area (Å²) in [5.74, 6) is 1.24. The minimum Gasteiger partial charge on any atom is -0.489 e. The minimum atomic E-state index is -1.29. The summed E-state index contributed by atoms with van der Waals surface area (Å²) in [5, 5.41) is 0. The summed E-state index contributed by atoms with van der Waals surface area (Å²) < 4.78 is 30.1. The summed E-state index contributed by atoms with van der Waals surface area (Å²) in [6.07, 6.45) is 2.67. The summed E-state index contributed by atoms with van der Waals surface area (Å²) in [7, 11) is -1.29. The quantitative estimate of drug-likeness (QED) is 0.644. The molecule has 3 unspecified atom stereocenters. The highest BCUT2D eigenvalue weighted by Crippen LogP contribution is 2.38. The molecule has 0 saturated carbocycles. The highest BCUT2D eigenvalue weighted by Gasteiger charge is 2.38. The van der Waals surface area contributed by atoms with E-state index >= 15 is 0 Å². The number of hydrogen-bond acceptors (Lipinski definition) is 3. The zero-order valence-corrected chi connectivity index (χ0v) is 18.6. The Bertz CT molecular complexity index is 739. The molecule has 2 aliphatic heterocycles. The molecule has 3 atom stereocenters. The second-order valence-corrected chi connectivity index (χ2v) is 11.6. The SMILES string of the molecule is CC1(C)CC(C2CC(=NS(=O)C(C)(C)C)c3cc(Br)ccc3O2)CCO1. The summed E-state index contributed by atoms with van der Waals surface area (Å²) in [4.78, 5) is 0. The van der Waals surface area contributed by atoms with Gasteiger partial charge in [-0.2, -0.15) is 4.40 Å². The van der Waals surface area contributed by atoms with Gasteiger partial charge in [0.05, 0.1) is 16.1 Å². The van der Waals surface area contributed by atoms with Gasteiger partial charge in [0, 0.05) is 29.0 Å². The van der Waals surface area contributed by atoms with Crippen molar-refractivity contribution in [1.29, 1.82) is 0 Å². The van der Waals surface area contributed by atoms with Crippen LogP contribution in [0.25, 0.3) is 0 Å². The standard InChI is InChI=1S/C20H28BrNO3S/c1-19(2,3)26(23)22-16-11-18(13-8-9-24-20(4,5)12-13)25-17-7-6-14(21)10-15(16)17/h6-7,10,13,18H,8-9,11-12H2,1-5H3. The molecule has 6 heteroatoms. The first-order chi connectivity index (χ1) is 12.0. The molecule has 0 radical (unpaired) electrons. The maximum atomic E-state index is 12.7. The molecule has 1 saturated heterocycles. The van der Waals surface area contributed by atoms with Crippen molar-refractivity contribution >= 4 is 32.6 Å². The number of nitrogens with zero attached hydrogens (tertiary/aromatic N) is 1. The van der Waals surface area contributed by atoms with E-state index in [1.165, 1.54) is 0 Å². The zero-order valence-electron chi connectivity index (χ0n) is 16.2. The molecule has 144 valence electrons. The molecular formula is C20H28BrNO3S. The number of benzene rings is 1. The summed E-state index contributed by atoms with van der Waals surface area (Å²) >= 11 is 3.53. The lowest BCUT2D eigenvalue weighted by atomic mass is 9.81. The first-order valence-electron chi connectivity index (χ1n) is 9.15. The van der Waals surface area contributed by atoms with Gasteiger partial charge in [-0.15, -0.1) is 0 Å². The van der Waals surface area contributed by atoms with Crippen molar-refractivity contribution in [1.82, 2.24) is 0 Å². The Morgan fingerprint density at radius 1 is 1.31 bits per heavy atom. The topological polar surface area (TPSA) is 47.9 Å². The monoisotopic (exact) mass is 441 g/mol. The van der Waals surface area contributed by atoms with Crippen LogP contribution in [-0.4, -0.2) is 33.0 Å². The number of halogens is 1. The van der Waals surface area contributed by atoms with Gasteiger partial charge < -0.3 is 9.47 Å². The highest BCUT2D eigenvalue weighted by molar-refractivity contribution is 9.10. The predicted octanol–water partition coefficient (Wildman–Crippen LogP) is 5.06. The van der Waals surface area contributed by atoms with Crippen LogP contribution in [0.3, 0.4) is 0 Å². The van der Waals surface area contributed by atoms with Crippen molar-refractivity contribution in [3.05, 3.63) is 28.2 Å². The van der Waals surface area contributed by atoms with Crippen LogP contribution in [0.2, 0.25) is 0 Å². The molecule has 0 spiro atoms.